The molecule has 0 amide bonds. The Morgan fingerprint density at radius 2 is 1.95 bits per heavy atom. The number of nitrogens with one attached hydrogen (secondary N) is 1. The summed E-state index contributed by atoms with van der Waals surface area (Å²) in [6.07, 6.45) is 1.48. The number of hydrogen-bond acceptors (Lipinski definition) is 6. The van der Waals surface area contributed by atoms with Crippen LogP contribution in [0.5, 0.6) is 0 Å². The lowest BCUT2D eigenvalue weighted by molar-refractivity contribution is 0.0991. The van der Waals surface area contributed by atoms with Gasteiger partial charge in [-0.3, -0.25) is 0 Å². The molecule has 6 nitrogen and oxygen atoms in total. The molecule has 0 radical (unpaired) electrons. The van der Waals surface area contributed by atoms with Crippen molar-refractivity contribution in [2.45, 2.75) is 0 Å². The average Bonchev–Trinajstić information content (AvgIpc) is 2.48. The van der Waals surface area contributed by atoms with Crippen molar-refractivity contribution in [3.8, 4) is 11.4 Å². The molecule has 2 rings (SSSR count). The second kappa shape index (κ2) is 7.40. The third-order valence-electron chi connectivity index (χ3n) is 2.37. The minimum atomic E-state index is 0.0317. The summed E-state index contributed by atoms with van der Waals surface area (Å²) < 4.78 is 5.14. The number of anilines is 1. The third kappa shape index (κ3) is 4.27. The van der Waals surface area contributed by atoms with Gasteiger partial charge in [0.15, 0.2) is 5.82 Å². The van der Waals surface area contributed by atoms with E-state index in [9.17, 15) is 0 Å². The fourth-order valence-corrected chi connectivity index (χ4v) is 1.51. The van der Waals surface area contributed by atoms with E-state index in [2.05, 4.69) is 20.3 Å². The van der Waals surface area contributed by atoms with Crippen molar-refractivity contribution < 1.29 is 9.84 Å². The highest BCUT2D eigenvalue weighted by atomic mass is 16.5. The van der Waals surface area contributed by atoms with Crippen molar-refractivity contribution in [3.63, 3.8) is 0 Å². The van der Waals surface area contributed by atoms with E-state index < -0.39 is 0 Å². The molecule has 100 valence electrons. The summed E-state index contributed by atoms with van der Waals surface area (Å²) in [5, 5.41) is 11.6. The SMILES string of the molecule is OCCOCCNc1ncnc(-c2ccccc2)n1. The van der Waals surface area contributed by atoms with Crippen molar-refractivity contribution in [1.82, 2.24) is 15.0 Å². The standard InChI is InChI=1S/C13H16N4O2/c18-7-9-19-8-6-14-13-16-10-15-12(17-13)11-4-2-1-3-5-11/h1-5,10,18H,6-9H2,(H,14,15,16,17). The molecule has 1 aromatic heterocycles. The topological polar surface area (TPSA) is 80.2 Å². The summed E-state index contributed by atoms with van der Waals surface area (Å²) in [5.74, 6) is 1.15. The minimum absolute atomic E-state index is 0.0317. The van der Waals surface area contributed by atoms with E-state index in [4.69, 9.17) is 9.84 Å². The normalized spacial score (nSPS) is 10.4. The number of hydrogen-bond donors (Lipinski definition) is 2. The molecule has 2 N–H and O–H groups in total. The van der Waals surface area contributed by atoms with Crippen LogP contribution in [-0.4, -0.2) is 46.4 Å². The van der Waals surface area contributed by atoms with Crippen LogP contribution < -0.4 is 5.32 Å². The van der Waals surface area contributed by atoms with Gasteiger partial charge in [0.25, 0.3) is 0 Å². The molecule has 1 aromatic carbocycles. The van der Waals surface area contributed by atoms with E-state index in [0.717, 1.165) is 5.56 Å². The van der Waals surface area contributed by atoms with Crippen LogP contribution >= 0.6 is 0 Å². The molecule has 2 aromatic rings. The van der Waals surface area contributed by atoms with Crippen LogP contribution in [0.3, 0.4) is 0 Å². The lowest BCUT2D eigenvalue weighted by atomic mass is 10.2. The lowest BCUT2D eigenvalue weighted by Crippen LogP contribution is -2.13. The van der Waals surface area contributed by atoms with Crippen LogP contribution in [0, 0.1) is 0 Å². The molecule has 0 saturated heterocycles. The van der Waals surface area contributed by atoms with Gasteiger partial charge in [0.05, 0.1) is 19.8 Å². The zero-order valence-electron chi connectivity index (χ0n) is 10.5. The van der Waals surface area contributed by atoms with E-state index >= 15 is 0 Å². The largest absolute Gasteiger partial charge is 0.394 e. The number of aliphatic hydroxyl groups excluding tert-OH is 1. The highest BCUT2D eigenvalue weighted by Crippen LogP contribution is 2.13. The van der Waals surface area contributed by atoms with Crippen LogP contribution in [0.1, 0.15) is 0 Å². The molecule has 0 bridgehead atoms. The molecule has 0 unspecified atom stereocenters. The van der Waals surface area contributed by atoms with E-state index in [1.807, 2.05) is 30.3 Å². The molecule has 0 aliphatic carbocycles. The van der Waals surface area contributed by atoms with E-state index in [0.29, 0.717) is 31.5 Å². The number of benzene rings is 1. The Hall–Kier alpha value is -2.05. The lowest BCUT2D eigenvalue weighted by Gasteiger charge is -2.06. The van der Waals surface area contributed by atoms with E-state index in [1.54, 1.807) is 0 Å². The quantitative estimate of drug-likeness (QED) is 0.722. The van der Waals surface area contributed by atoms with E-state index in [1.165, 1.54) is 6.33 Å². The van der Waals surface area contributed by atoms with Gasteiger partial charge in [-0.05, 0) is 0 Å². The molecule has 19 heavy (non-hydrogen) atoms. The third-order valence-corrected chi connectivity index (χ3v) is 2.37. The van der Waals surface area contributed by atoms with Crippen molar-refractivity contribution in [1.29, 1.82) is 0 Å². The van der Waals surface area contributed by atoms with Crippen molar-refractivity contribution in [2.24, 2.45) is 0 Å². The van der Waals surface area contributed by atoms with Gasteiger partial charge in [0.2, 0.25) is 5.95 Å². The Labute approximate surface area is 111 Å². The Bertz CT molecular complexity index is 493. The Morgan fingerprint density at radius 3 is 2.74 bits per heavy atom. The zero-order valence-corrected chi connectivity index (χ0v) is 10.5. The molecule has 0 aliphatic heterocycles. The number of aromatic nitrogens is 3. The van der Waals surface area contributed by atoms with Crippen LogP contribution in [0.15, 0.2) is 36.7 Å². The maximum Gasteiger partial charge on any atom is 0.226 e. The van der Waals surface area contributed by atoms with Gasteiger partial charge in [0, 0.05) is 12.1 Å². The van der Waals surface area contributed by atoms with Crippen molar-refractivity contribution in [3.05, 3.63) is 36.7 Å². The van der Waals surface area contributed by atoms with Gasteiger partial charge in [-0.25, -0.2) is 9.97 Å². The molecular formula is C13H16N4O2. The molecular weight excluding hydrogens is 244 g/mol. The van der Waals surface area contributed by atoms with Gasteiger partial charge in [-0.1, -0.05) is 30.3 Å². The van der Waals surface area contributed by atoms with Crippen LogP contribution in [-0.2, 0) is 4.74 Å². The summed E-state index contributed by atoms with van der Waals surface area (Å²) in [4.78, 5) is 12.5. The van der Waals surface area contributed by atoms with Gasteiger partial charge in [0.1, 0.15) is 6.33 Å². The molecule has 0 spiro atoms. The summed E-state index contributed by atoms with van der Waals surface area (Å²) in [6, 6.07) is 9.72. The van der Waals surface area contributed by atoms with E-state index in [-0.39, 0.29) is 6.61 Å². The fraction of sp³-hybridized carbons (Fsp3) is 0.308. The first kappa shape index (κ1) is 13.4. The monoisotopic (exact) mass is 260 g/mol. The molecule has 1 heterocycles. The van der Waals surface area contributed by atoms with Gasteiger partial charge in [-0.2, -0.15) is 4.98 Å². The summed E-state index contributed by atoms with van der Waals surface area (Å²) in [6.45, 7) is 1.45. The van der Waals surface area contributed by atoms with Gasteiger partial charge in [-0.15, -0.1) is 0 Å². The van der Waals surface area contributed by atoms with Crippen molar-refractivity contribution in [2.75, 3.05) is 31.7 Å². The maximum absolute atomic E-state index is 8.57. The predicted octanol–water partition coefficient (Wildman–Crippen LogP) is 0.959. The number of ether oxygens (including phenoxy) is 1. The number of aliphatic hydroxyl groups is 1. The maximum atomic E-state index is 8.57. The number of rotatable bonds is 7. The Morgan fingerprint density at radius 1 is 1.11 bits per heavy atom. The van der Waals surface area contributed by atoms with Crippen LogP contribution in [0.25, 0.3) is 11.4 Å². The minimum Gasteiger partial charge on any atom is -0.394 e. The van der Waals surface area contributed by atoms with Crippen molar-refractivity contribution >= 4 is 5.95 Å². The molecule has 0 saturated carbocycles. The number of nitrogens with zero attached hydrogens (tertiary/aromatic N) is 3. The first-order chi connectivity index (χ1) is 9.40. The fourth-order valence-electron chi connectivity index (χ4n) is 1.51. The van der Waals surface area contributed by atoms with Crippen LogP contribution in [0.2, 0.25) is 0 Å². The zero-order chi connectivity index (χ0) is 13.3. The highest BCUT2D eigenvalue weighted by molar-refractivity contribution is 5.55. The van der Waals surface area contributed by atoms with Crippen LogP contribution in [0.4, 0.5) is 5.95 Å². The second-order valence-corrected chi connectivity index (χ2v) is 3.76. The Kier molecular flexibility index (Phi) is 5.21. The summed E-state index contributed by atoms with van der Waals surface area (Å²) >= 11 is 0. The highest BCUT2D eigenvalue weighted by Gasteiger charge is 2.02. The predicted molar refractivity (Wildman–Crippen MR) is 71.7 cm³/mol. The van der Waals surface area contributed by atoms with Gasteiger partial charge >= 0.3 is 0 Å². The van der Waals surface area contributed by atoms with Gasteiger partial charge < -0.3 is 15.2 Å². The smallest absolute Gasteiger partial charge is 0.226 e. The summed E-state index contributed by atoms with van der Waals surface area (Å²) in [7, 11) is 0. The summed E-state index contributed by atoms with van der Waals surface area (Å²) in [5.41, 5.74) is 0.949. The molecule has 0 atom stereocenters. The average molecular weight is 260 g/mol. The molecule has 0 fully saturated rings. The first-order valence-electron chi connectivity index (χ1n) is 6.07. The first-order valence-corrected chi connectivity index (χ1v) is 6.07. The molecule has 0 aliphatic rings. The Balaban J connectivity index is 1.92. The second-order valence-electron chi connectivity index (χ2n) is 3.76. The molecule has 6 heteroatoms.